The Hall–Kier alpha value is -0.620. The lowest BCUT2D eigenvalue weighted by atomic mass is 10.00. The average molecular weight is 248 g/mol. The highest BCUT2D eigenvalue weighted by Gasteiger charge is 2.28. The SMILES string of the molecule is CC1NCCCC1NC(=O)C(C)S(C)(=O)=O. The summed E-state index contributed by atoms with van der Waals surface area (Å²) in [6, 6.07) is 0.231. The summed E-state index contributed by atoms with van der Waals surface area (Å²) in [5, 5.41) is 5.07. The molecule has 1 aliphatic heterocycles. The standard InChI is InChI=1S/C10H20N2O3S/c1-7-9(5-4-6-11-7)12-10(13)8(2)16(3,14)15/h7-9,11H,4-6H2,1-3H3,(H,12,13). The van der Waals surface area contributed by atoms with Crippen LogP contribution in [0.1, 0.15) is 26.7 Å². The Morgan fingerprint density at radius 3 is 2.62 bits per heavy atom. The number of piperidine rings is 1. The predicted octanol–water partition coefficient (Wildman–Crippen LogP) is -0.324. The molecule has 0 spiro atoms. The first-order chi connectivity index (χ1) is 7.32. The molecule has 94 valence electrons. The second kappa shape index (κ2) is 5.14. The summed E-state index contributed by atoms with van der Waals surface area (Å²) < 4.78 is 22.4. The fourth-order valence-electron chi connectivity index (χ4n) is 1.74. The lowest BCUT2D eigenvalue weighted by molar-refractivity contribution is -0.121. The minimum atomic E-state index is -3.30. The van der Waals surface area contributed by atoms with Gasteiger partial charge in [0.25, 0.3) is 0 Å². The van der Waals surface area contributed by atoms with Gasteiger partial charge in [-0.2, -0.15) is 0 Å². The molecular weight excluding hydrogens is 228 g/mol. The van der Waals surface area contributed by atoms with Crippen molar-refractivity contribution in [1.82, 2.24) is 10.6 Å². The molecule has 0 radical (unpaired) electrons. The Bertz CT molecular complexity index is 353. The van der Waals surface area contributed by atoms with Crippen LogP contribution in [0.15, 0.2) is 0 Å². The third-order valence-corrected chi connectivity index (χ3v) is 4.60. The average Bonchev–Trinajstić information content (AvgIpc) is 2.19. The molecule has 1 amide bonds. The van der Waals surface area contributed by atoms with Crippen LogP contribution < -0.4 is 10.6 Å². The van der Waals surface area contributed by atoms with Gasteiger partial charge in [0.2, 0.25) is 5.91 Å². The van der Waals surface area contributed by atoms with Crippen LogP contribution in [0.5, 0.6) is 0 Å². The topological polar surface area (TPSA) is 75.3 Å². The molecule has 6 heteroatoms. The molecule has 1 heterocycles. The van der Waals surface area contributed by atoms with Crippen molar-refractivity contribution in [3.8, 4) is 0 Å². The van der Waals surface area contributed by atoms with Gasteiger partial charge in [0.1, 0.15) is 5.25 Å². The molecule has 0 aromatic carbocycles. The minimum absolute atomic E-state index is 0.0328. The molecule has 1 aliphatic rings. The molecule has 3 atom stereocenters. The van der Waals surface area contributed by atoms with Crippen LogP contribution in [0.25, 0.3) is 0 Å². The highest BCUT2D eigenvalue weighted by molar-refractivity contribution is 7.92. The highest BCUT2D eigenvalue weighted by atomic mass is 32.2. The number of sulfone groups is 1. The van der Waals surface area contributed by atoms with Gasteiger partial charge in [0.05, 0.1) is 0 Å². The maximum absolute atomic E-state index is 11.7. The number of hydrogen-bond donors (Lipinski definition) is 2. The number of rotatable bonds is 3. The van der Waals surface area contributed by atoms with Gasteiger partial charge in [-0.15, -0.1) is 0 Å². The van der Waals surface area contributed by atoms with E-state index in [0.717, 1.165) is 25.6 Å². The number of carbonyl (C=O) groups excluding carboxylic acids is 1. The lowest BCUT2D eigenvalue weighted by Crippen LogP contribution is -2.54. The lowest BCUT2D eigenvalue weighted by Gasteiger charge is -2.31. The summed E-state index contributed by atoms with van der Waals surface area (Å²) in [6.45, 7) is 4.37. The first-order valence-electron chi connectivity index (χ1n) is 5.55. The van der Waals surface area contributed by atoms with Crippen molar-refractivity contribution in [1.29, 1.82) is 0 Å². The second-order valence-corrected chi connectivity index (χ2v) is 6.84. The van der Waals surface area contributed by atoms with Crippen molar-refractivity contribution in [3.05, 3.63) is 0 Å². The maximum atomic E-state index is 11.7. The van der Waals surface area contributed by atoms with Gasteiger partial charge < -0.3 is 10.6 Å². The molecule has 0 aliphatic carbocycles. The third-order valence-electron chi connectivity index (χ3n) is 3.10. The van der Waals surface area contributed by atoms with E-state index in [1.54, 1.807) is 0 Å². The number of nitrogens with one attached hydrogen (secondary N) is 2. The van der Waals surface area contributed by atoms with Gasteiger partial charge in [-0.25, -0.2) is 8.42 Å². The van der Waals surface area contributed by atoms with Gasteiger partial charge in [-0.3, -0.25) is 4.79 Å². The van der Waals surface area contributed by atoms with E-state index in [9.17, 15) is 13.2 Å². The quantitative estimate of drug-likeness (QED) is 0.717. The normalized spacial score (nSPS) is 28.4. The molecule has 0 bridgehead atoms. The molecule has 16 heavy (non-hydrogen) atoms. The number of carbonyl (C=O) groups is 1. The van der Waals surface area contributed by atoms with Crippen LogP contribution in [-0.4, -0.2) is 44.5 Å². The molecular formula is C10H20N2O3S. The van der Waals surface area contributed by atoms with Crippen molar-refractivity contribution >= 4 is 15.7 Å². The van der Waals surface area contributed by atoms with Crippen LogP contribution in [-0.2, 0) is 14.6 Å². The molecule has 1 rings (SSSR count). The van der Waals surface area contributed by atoms with Gasteiger partial charge in [-0.1, -0.05) is 0 Å². The summed E-state index contributed by atoms with van der Waals surface area (Å²) in [4.78, 5) is 11.7. The van der Waals surface area contributed by atoms with E-state index >= 15 is 0 Å². The van der Waals surface area contributed by atoms with E-state index in [0.29, 0.717) is 0 Å². The van der Waals surface area contributed by atoms with Crippen LogP contribution >= 0.6 is 0 Å². The van der Waals surface area contributed by atoms with E-state index in [-0.39, 0.29) is 12.1 Å². The summed E-state index contributed by atoms with van der Waals surface area (Å²) >= 11 is 0. The van der Waals surface area contributed by atoms with Crippen LogP contribution in [0.4, 0.5) is 0 Å². The van der Waals surface area contributed by atoms with Crippen molar-refractivity contribution < 1.29 is 13.2 Å². The predicted molar refractivity (Wildman–Crippen MR) is 62.9 cm³/mol. The molecule has 2 N–H and O–H groups in total. The first-order valence-corrected chi connectivity index (χ1v) is 7.50. The fraction of sp³-hybridized carbons (Fsp3) is 0.900. The van der Waals surface area contributed by atoms with E-state index in [2.05, 4.69) is 10.6 Å². The monoisotopic (exact) mass is 248 g/mol. The molecule has 0 saturated carbocycles. The van der Waals surface area contributed by atoms with E-state index in [4.69, 9.17) is 0 Å². The second-order valence-electron chi connectivity index (χ2n) is 4.47. The molecule has 1 saturated heterocycles. The van der Waals surface area contributed by atoms with Gasteiger partial charge >= 0.3 is 0 Å². The third kappa shape index (κ3) is 3.45. The van der Waals surface area contributed by atoms with Crippen molar-refractivity contribution in [3.63, 3.8) is 0 Å². The van der Waals surface area contributed by atoms with E-state index in [1.165, 1.54) is 6.92 Å². The Morgan fingerprint density at radius 1 is 1.50 bits per heavy atom. The Kier molecular flexibility index (Phi) is 4.32. The van der Waals surface area contributed by atoms with Gasteiger partial charge in [0, 0.05) is 18.3 Å². The summed E-state index contributed by atoms with van der Waals surface area (Å²) in [6.07, 6.45) is 2.98. The van der Waals surface area contributed by atoms with Crippen molar-refractivity contribution in [2.45, 2.75) is 44.0 Å². The van der Waals surface area contributed by atoms with E-state index < -0.39 is 21.0 Å². The van der Waals surface area contributed by atoms with Crippen molar-refractivity contribution in [2.24, 2.45) is 0 Å². The van der Waals surface area contributed by atoms with E-state index in [1.807, 2.05) is 6.92 Å². The fourth-order valence-corrected chi connectivity index (χ4v) is 2.19. The van der Waals surface area contributed by atoms with Crippen LogP contribution in [0.2, 0.25) is 0 Å². The summed E-state index contributed by atoms with van der Waals surface area (Å²) in [5.74, 6) is -0.400. The zero-order chi connectivity index (χ0) is 12.3. The largest absolute Gasteiger partial charge is 0.351 e. The van der Waals surface area contributed by atoms with Gasteiger partial charge in [-0.05, 0) is 33.2 Å². The molecule has 1 fully saturated rings. The number of hydrogen-bond acceptors (Lipinski definition) is 4. The first kappa shape index (κ1) is 13.4. The Balaban J connectivity index is 2.57. The molecule has 5 nitrogen and oxygen atoms in total. The number of amides is 1. The Morgan fingerprint density at radius 2 is 2.12 bits per heavy atom. The maximum Gasteiger partial charge on any atom is 0.238 e. The smallest absolute Gasteiger partial charge is 0.238 e. The zero-order valence-corrected chi connectivity index (χ0v) is 10.8. The van der Waals surface area contributed by atoms with Crippen molar-refractivity contribution in [2.75, 3.05) is 12.8 Å². The summed E-state index contributed by atoms with van der Waals surface area (Å²) in [5.41, 5.74) is 0. The molecule has 0 aromatic heterocycles. The minimum Gasteiger partial charge on any atom is -0.351 e. The van der Waals surface area contributed by atoms with Crippen LogP contribution in [0.3, 0.4) is 0 Å². The Labute approximate surface area is 96.9 Å². The zero-order valence-electron chi connectivity index (χ0n) is 9.99. The van der Waals surface area contributed by atoms with Gasteiger partial charge in [0.15, 0.2) is 9.84 Å². The summed E-state index contributed by atoms with van der Waals surface area (Å²) in [7, 11) is -3.30. The highest BCUT2D eigenvalue weighted by Crippen LogP contribution is 2.09. The molecule has 3 unspecified atom stereocenters. The molecule has 0 aromatic rings. The van der Waals surface area contributed by atoms with Crippen LogP contribution in [0, 0.1) is 0 Å².